The molecule has 18 heavy (non-hydrogen) atoms. The first-order valence-corrected chi connectivity index (χ1v) is 7.98. The second-order valence-electron chi connectivity index (χ2n) is 7.23. The number of fused-ring (bicyclic) bond motifs is 1. The highest BCUT2D eigenvalue weighted by Crippen LogP contribution is 2.70. The van der Waals surface area contributed by atoms with Gasteiger partial charge in [-0.25, -0.2) is 0 Å². The fourth-order valence-corrected chi connectivity index (χ4v) is 5.30. The molecule has 2 bridgehead atoms. The standard InChI is InChI=1S/C16H23BrO/c1-11-6-9-16-13(2,3)12(7-8-14(11,16)4)15(5,10-17)18-16/h6-8,12H,9-10H2,1-5H3/t12?,14?,15-,16?/m1/s1. The van der Waals surface area contributed by atoms with Gasteiger partial charge in [0.2, 0.25) is 0 Å². The Balaban J connectivity index is 2.23. The van der Waals surface area contributed by atoms with Gasteiger partial charge in [0.05, 0.1) is 11.2 Å². The van der Waals surface area contributed by atoms with Crippen LogP contribution in [-0.4, -0.2) is 16.5 Å². The Morgan fingerprint density at radius 3 is 2.61 bits per heavy atom. The Morgan fingerprint density at radius 1 is 1.33 bits per heavy atom. The molecule has 100 valence electrons. The molecule has 1 fully saturated rings. The maximum Gasteiger partial charge on any atom is 0.0906 e. The molecule has 3 unspecified atom stereocenters. The van der Waals surface area contributed by atoms with Gasteiger partial charge in [0.1, 0.15) is 0 Å². The average molecular weight is 311 g/mol. The summed E-state index contributed by atoms with van der Waals surface area (Å²) in [6.07, 6.45) is 8.25. The molecule has 1 nitrogen and oxygen atoms in total. The van der Waals surface area contributed by atoms with Crippen molar-refractivity contribution in [3.63, 3.8) is 0 Å². The third kappa shape index (κ3) is 1.09. The van der Waals surface area contributed by atoms with Crippen LogP contribution in [-0.2, 0) is 4.74 Å². The Hall–Kier alpha value is -0.0800. The molecule has 0 aromatic heterocycles. The first kappa shape index (κ1) is 12.9. The van der Waals surface area contributed by atoms with Crippen molar-refractivity contribution in [3.8, 4) is 0 Å². The zero-order valence-electron chi connectivity index (χ0n) is 12.0. The summed E-state index contributed by atoms with van der Waals surface area (Å²) in [5.74, 6) is 0.483. The first-order valence-electron chi connectivity index (χ1n) is 6.86. The SMILES string of the molecule is CC1=CCC23O[C@](C)(CBr)C(C=CC12C)C3(C)C. The van der Waals surface area contributed by atoms with Gasteiger partial charge in [-0.1, -0.05) is 53.6 Å². The molecule has 0 radical (unpaired) electrons. The number of halogens is 1. The van der Waals surface area contributed by atoms with Crippen LogP contribution in [0.4, 0.5) is 0 Å². The van der Waals surface area contributed by atoms with Gasteiger partial charge >= 0.3 is 0 Å². The molecule has 2 aliphatic carbocycles. The topological polar surface area (TPSA) is 9.23 Å². The van der Waals surface area contributed by atoms with E-state index in [4.69, 9.17) is 4.74 Å². The average Bonchev–Trinajstić information content (AvgIpc) is 2.60. The second kappa shape index (κ2) is 3.32. The normalized spacial score (nSPS) is 52.3. The minimum Gasteiger partial charge on any atom is -0.365 e. The van der Waals surface area contributed by atoms with Crippen molar-refractivity contribution in [3.05, 3.63) is 23.8 Å². The smallest absolute Gasteiger partial charge is 0.0906 e. The van der Waals surface area contributed by atoms with Crippen LogP contribution < -0.4 is 0 Å². The molecule has 3 rings (SSSR count). The first-order chi connectivity index (χ1) is 8.23. The summed E-state index contributed by atoms with van der Waals surface area (Å²) in [5, 5.41) is 0.898. The van der Waals surface area contributed by atoms with E-state index in [0.29, 0.717) is 5.92 Å². The van der Waals surface area contributed by atoms with E-state index in [1.807, 2.05) is 0 Å². The van der Waals surface area contributed by atoms with Gasteiger partial charge in [-0.05, 0) is 27.2 Å². The van der Waals surface area contributed by atoms with Crippen LogP contribution in [0.5, 0.6) is 0 Å². The molecule has 3 aliphatic rings. The molecule has 1 saturated heterocycles. The van der Waals surface area contributed by atoms with Gasteiger partial charge in [0.15, 0.2) is 0 Å². The van der Waals surface area contributed by atoms with Crippen LogP contribution >= 0.6 is 15.9 Å². The summed E-state index contributed by atoms with van der Waals surface area (Å²) in [6, 6.07) is 0. The lowest BCUT2D eigenvalue weighted by Crippen LogP contribution is -2.54. The monoisotopic (exact) mass is 310 g/mol. The lowest BCUT2D eigenvalue weighted by Gasteiger charge is -2.51. The summed E-state index contributed by atoms with van der Waals surface area (Å²) in [6.45, 7) is 11.6. The van der Waals surface area contributed by atoms with Gasteiger partial charge in [-0.2, -0.15) is 0 Å². The van der Waals surface area contributed by atoms with Crippen LogP contribution in [0.3, 0.4) is 0 Å². The minimum absolute atomic E-state index is 0.0624. The van der Waals surface area contributed by atoms with Crippen LogP contribution in [0.1, 0.15) is 41.0 Å². The van der Waals surface area contributed by atoms with E-state index in [1.165, 1.54) is 5.57 Å². The van der Waals surface area contributed by atoms with Gasteiger partial charge in [0.25, 0.3) is 0 Å². The number of rotatable bonds is 1. The van der Waals surface area contributed by atoms with Gasteiger partial charge < -0.3 is 4.74 Å². The van der Waals surface area contributed by atoms with Crippen molar-refractivity contribution in [2.24, 2.45) is 16.7 Å². The van der Waals surface area contributed by atoms with Crippen molar-refractivity contribution >= 4 is 15.9 Å². The van der Waals surface area contributed by atoms with E-state index < -0.39 is 0 Å². The number of hydrogen-bond acceptors (Lipinski definition) is 1. The van der Waals surface area contributed by atoms with E-state index in [-0.39, 0.29) is 22.0 Å². The molecular formula is C16H23BrO. The van der Waals surface area contributed by atoms with E-state index in [9.17, 15) is 0 Å². The summed E-state index contributed by atoms with van der Waals surface area (Å²) < 4.78 is 6.76. The predicted molar refractivity (Wildman–Crippen MR) is 78.9 cm³/mol. The van der Waals surface area contributed by atoms with Crippen LogP contribution in [0.25, 0.3) is 0 Å². The van der Waals surface area contributed by atoms with Gasteiger partial charge in [-0.15, -0.1) is 0 Å². The maximum atomic E-state index is 6.76. The summed E-state index contributed by atoms with van der Waals surface area (Å²) in [7, 11) is 0. The highest BCUT2D eigenvalue weighted by atomic mass is 79.9. The van der Waals surface area contributed by atoms with E-state index in [0.717, 1.165) is 11.8 Å². The Labute approximate surface area is 119 Å². The minimum atomic E-state index is -0.0871. The number of alkyl halides is 1. The molecule has 4 atom stereocenters. The fourth-order valence-electron chi connectivity index (χ4n) is 4.84. The van der Waals surface area contributed by atoms with Crippen LogP contribution in [0.2, 0.25) is 0 Å². The van der Waals surface area contributed by atoms with E-state index in [1.54, 1.807) is 0 Å². The van der Waals surface area contributed by atoms with E-state index in [2.05, 4.69) is 68.8 Å². The van der Waals surface area contributed by atoms with Crippen molar-refractivity contribution in [2.75, 3.05) is 5.33 Å². The molecule has 0 N–H and O–H groups in total. The highest BCUT2D eigenvalue weighted by molar-refractivity contribution is 9.09. The van der Waals surface area contributed by atoms with Crippen molar-refractivity contribution < 1.29 is 4.74 Å². The van der Waals surface area contributed by atoms with Crippen LogP contribution in [0.15, 0.2) is 23.8 Å². The maximum absolute atomic E-state index is 6.76. The number of hydrogen-bond donors (Lipinski definition) is 0. The summed E-state index contributed by atoms with van der Waals surface area (Å²) >= 11 is 3.67. The molecule has 0 aromatic carbocycles. The van der Waals surface area contributed by atoms with Crippen LogP contribution in [0, 0.1) is 16.7 Å². The summed E-state index contributed by atoms with van der Waals surface area (Å²) in [4.78, 5) is 0. The van der Waals surface area contributed by atoms with Crippen molar-refractivity contribution in [1.82, 2.24) is 0 Å². The third-order valence-corrected chi connectivity index (χ3v) is 7.24. The largest absolute Gasteiger partial charge is 0.365 e. The summed E-state index contributed by atoms with van der Waals surface area (Å²) in [5.41, 5.74) is 1.55. The lowest BCUT2D eigenvalue weighted by atomic mass is 9.53. The van der Waals surface area contributed by atoms with Crippen molar-refractivity contribution in [2.45, 2.75) is 52.2 Å². The van der Waals surface area contributed by atoms with Crippen molar-refractivity contribution in [1.29, 1.82) is 0 Å². The Bertz CT molecular complexity index is 464. The van der Waals surface area contributed by atoms with Gasteiger partial charge in [-0.3, -0.25) is 0 Å². The molecule has 1 spiro atoms. The molecule has 0 saturated carbocycles. The molecule has 0 aromatic rings. The predicted octanol–water partition coefficient (Wildman–Crippen LogP) is 4.48. The molecule has 2 heteroatoms. The molecule has 1 heterocycles. The molecular weight excluding hydrogens is 288 g/mol. The Morgan fingerprint density at radius 2 is 2.00 bits per heavy atom. The number of ether oxygens (including phenoxy) is 1. The lowest BCUT2D eigenvalue weighted by molar-refractivity contribution is -0.144. The zero-order valence-corrected chi connectivity index (χ0v) is 13.6. The third-order valence-electron chi connectivity index (χ3n) is 6.12. The second-order valence-corrected chi connectivity index (χ2v) is 7.79. The van der Waals surface area contributed by atoms with E-state index >= 15 is 0 Å². The molecule has 1 aliphatic heterocycles. The van der Waals surface area contributed by atoms with Gasteiger partial charge in [0, 0.05) is 22.1 Å². The molecule has 0 amide bonds. The fraction of sp³-hybridized carbons (Fsp3) is 0.750. The highest BCUT2D eigenvalue weighted by Gasteiger charge is 2.72. The quantitative estimate of drug-likeness (QED) is 0.512. The zero-order chi connectivity index (χ0) is 13.4. The Kier molecular flexibility index (Phi) is 2.39.